The number of carboxylic acids is 1. The van der Waals surface area contributed by atoms with E-state index in [0.29, 0.717) is 17.0 Å². The van der Waals surface area contributed by atoms with E-state index in [1.165, 1.54) is 31.6 Å². The average Bonchev–Trinajstić information content (AvgIpc) is 2.96. The van der Waals surface area contributed by atoms with Crippen LogP contribution in [0.25, 0.3) is 0 Å². The lowest BCUT2D eigenvalue weighted by Gasteiger charge is -2.10. The second kappa shape index (κ2) is 6.34. The van der Waals surface area contributed by atoms with Crippen LogP contribution in [0.15, 0.2) is 34.9 Å². The van der Waals surface area contributed by atoms with Gasteiger partial charge in [0, 0.05) is 17.7 Å². The Morgan fingerprint density at radius 1 is 1.23 bits per heavy atom. The molecule has 0 spiro atoms. The first-order chi connectivity index (χ1) is 10.4. The Morgan fingerprint density at radius 3 is 2.55 bits per heavy atom. The Balaban J connectivity index is 2.25. The van der Waals surface area contributed by atoms with Gasteiger partial charge in [-0.25, -0.2) is 4.79 Å². The largest absolute Gasteiger partial charge is 0.496 e. The monoisotopic (exact) mass is 303 g/mol. The molecule has 2 rings (SSSR count). The molecule has 0 saturated heterocycles. The van der Waals surface area contributed by atoms with Gasteiger partial charge in [-0.15, -0.1) is 0 Å². The molecule has 1 amide bonds. The van der Waals surface area contributed by atoms with Gasteiger partial charge in [-0.1, -0.05) is 13.8 Å². The summed E-state index contributed by atoms with van der Waals surface area (Å²) in [7, 11) is 1.38. The van der Waals surface area contributed by atoms with Gasteiger partial charge >= 0.3 is 5.97 Å². The molecule has 2 N–H and O–H groups in total. The molecule has 0 aliphatic carbocycles. The number of methoxy groups -OCH3 is 1. The van der Waals surface area contributed by atoms with Gasteiger partial charge in [-0.05, 0) is 18.2 Å². The quantitative estimate of drug-likeness (QED) is 0.884. The summed E-state index contributed by atoms with van der Waals surface area (Å²) in [5, 5.41) is 11.7. The molecule has 0 atom stereocenters. The normalized spacial score (nSPS) is 10.5. The Bertz CT molecular complexity index is 702. The van der Waals surface area contributed by atoms with Crippen LogP contribution in [-0.2, 0) is 0 Å². The number of nitrogens with one attached hydrogen (secondary N) is 1. The SMILES string of the molecule is COc1cc(NC(=O)c2ccoc2C(C)C)ccc1C(=O)O. The number of rotatable bonds is 5. The van der Waals surface area contributed by atoms with Crippen molar-refractivity contribution in [1.82, 2.24) is 0 Å². The van der Waals surface area contributed by atoms with Crippen molar-refractivity contribution in [1.29, 1.82) is 0 Å². The Morgan fingerprint density at radius 2 is 1.95 bits per heavy atom. The van der Waals surface area contributed by atoms with Crippen molar-refractivity contribution in [3.8, 4) is 5.75 Å². The van der Waals surface area contributed by atoms with E-state index >= 15 is 0 Å². The number of benzene rings is 1. The highest BCUT2D eigenvalue weighted by Gasteiger charge is 2.18. The van der Waals surface area contributed by atoms with E-state index in [9.17, 15) is 9.59 Å². The van der Waals surface area contributed by atoms with Gasteiger partial charge in [-0.2, -0.15) is 0 Å². The molecule has 0 saturated carbocycles. The summed E-state index contributed by atoms with van der Waals surface area (Å²) >= 11 is 0. The fourth-order valence-electron chi connectivity index (χ4n) is 2.10. The lowest BCUT2D eigenvalue weighted by Crippen LogP contribution is -2.13. The number of hydrogen-bond donors (Lipinski definition) is 2. The summed E-state index contributed by atoms with van der Waals surface area (Å²) in [6, 6.07) is 5.97. The highest BCUT2D eigenvalue weighted by atomic mass is 16.5. The van der Waals surface area contributed by atoms with Crippen LogP contribution in [0.2, 0.25) is 0 Å². The number of furan rings is 1. The average molecular weight is 303 g/mol. The van der Waals surface area contributed by atoms with Crippen molar-refractivity contribution >= 4 is 17.6 Å². The molecule has 0 bridgehead atoms. The highest BCUT2D eigenvalue weighted by molar-refractivity contribution is 6.05. The van der Waals surface area contributed by atoms with Crippen molar-refractivity contribution in [2.45, 2.75) is 19.8 Å². The molecular formula is C16H17NO5. The molecule has 0 unspecified atom stereocenters. The van der Waals surface area contributed by atoms with Gasteiger partial charge in [0.05, 0.1) is 18.9 Å². The third-order valence-electron chi connectivity index (χ3n) is 3.15. The second-order valence-electron chi connectivity index (χ2n) is 5.03. The van der Waals surface area contributed by atoms with E-state index < -0.39 is 5.97 Å². The second-order valence-corrected chi connectivity index (χ2v) is 5.03. The first-order valence-corrected chi connectivity index (χ1v) is 6.74. The minimum atomic E-state index is -1.09. The summed E-state index contributed by atoms with van der Waals surface area (Å²) in [5.41, 5.74) is 0.936. The fraction of sp³-hybridized carbons (Fsp3) is 0.250. The maximum Gasteiger partial charge on any atom is 0.339 e. The summed E-state index contributed by atoms with van der Waals surface area (Å²) in [4.78, 5) is 23.3. The summed E-state index contributed by atoms with van der Waals surface area (Å²) in [5.74, 6) is -0.540. The predicted molar refractivity (Wildman–Crippen MR) is 80.7 cm³/mol. The van der Waals surface area contributed by atoms with E-state index in [1.807, 2.05) is 13.8 Å². The molecule has 1 heterocycles. The smallest absolute Gasteiger partial charge is 0.339 e. The summed E-state index contributed by atoms with van der Waals surface area (Å²) < 4.78 is 10.3. The van der Waals surface area contributed by atoms with Gasteiger partial charge in [0.1, 0.15) is 17.1 Å². The lowest BCUT2D eigenvalue weighted by molar-refractivity contribution is 0.0693. The number of amides is 1. The van der Waals surface area contributed by atoms with Crippen molar-refractivity contribution in [2.24, 2.45) is 0 Å². The molecule has 0 aliphatic heterocycles. The number of carboxylic acid groups (broad SMARTS) is 1. The van der Waals surface area contributed by atoms with Crippen LogP contribution in [0.5, 0.6) is 5.75 Å². The minimum Gasteiger partial charge on any atom is -0.496 e. The Kier molecular flexibility index (Phi) is 4.50. The van der Waals surface area contributed by atoms with Gasteiger partial charge in [-0.3, -0.25) is 4.79 Å². The topological polar surface area (TPSA) is 88.8 Å². The van der Waals surface area contributed by atoms with Crippen LogP contribution in [0.1, 0.15) is 46.2 Å². The van der Waals surface area contributed by atoms with Crippen molar-refractivity contribution < 1.29 is 23.8 Å². The number of ether oxygens (including phenoxy) is 1. The van der Waals surface area contributed by atoms with E-state index in [2.05, 4.69) is 5.32 Å². The molecule has 1 aromatic heterocycles. The van der Waals surface area contributed by atoms with Crippen LogP contribution >= 0.6 is 0 Å². The highest BCUT2D eigenvalue weighted by Crippen LogP contribution is 2.25. The molecule has 6 heteroatoms. The van der Waals surface area contributed by atoms with Crippen LogP contribution in [-0.4, -0.2) is 24.1 Å². The van der Waals surface area contributed by atoms with Crippen molar-refractivity contribution in [3.05, 3.63) is 47.4 Å². The molecule has 6 nitrogen and oxygen atoms in total. The molecule has 0 aliphatic rings. The van der Waals surface area contributed by atoms with Crippen LogP contribution in [0.4, 0.5) is 5.69 Å². The third kappa shape index (κ3) is 3.11. The van der Waals surface area contributed by atoms with Gasteiger partial charge in [0.15, 0.2) is 0 Å². The van der Waals surface area contributed by atoms with Crippen LogP contribution in [0.3, 0.4) is 0 Å². The third-order valence-corrected chi connectivity index (χ3v) is 3.15. The fourth-order valence-corrected chi connectivity index (χ4v) is 2.10. The van der Waals surface area contributed by atoms with Crippen LogP contribution < -0.4 is 10.1 Å². The molecule has 22 heavy (non-hydrogen) atoms. The molecule has 0 fully saturated rings. The van der Waals surface area contributed by atoms with E-state index in [-0.39, 0.29) is 23.1 Å². The zero-order chi connectivity index (χ0) is 16.3. The molecule has 116 valence electrons. The lowest BCUT2D eigenvalue weighted by atomic mass is 10.1. The summed E-state index contributed by atoms with van der Waals surface area (Å²) in [6.07, 6.45) is 1.47. The standard InChI is InChI=1S/C16H17NO5/c1-9(2)14-12(6-7-22-14)15(18)17-10-4-5-11(16(19)20)13(8-10)21-3/h4-9H,1-3H3,(H,17,18)(H,19,20). The number of anilines is 1. The number of carbonyl (C=O) groups excluding carboxylic acids is 1. The summed E-state index contributed by atoms with van der Waals surface area (Å²) in [6.45, 7) is 3.86. The molecular weight excluding hydrogens is 286 g/mol. The maximum atomic E-state index is 12.3. The first-order valence-electron chi connectivity index (χ1n) is 6.74. The zero-order valence-corrected chi connectivity index (χ0v) is 12.5. The molecule has 1 aromatic carbocycles. The minimum absolute atomic E-state index is 0.0340. The Labute approximate surface area is 127 Å². The molecule has 0 radical (unpaired) electrons. The van der Waals surface area contributed by atoms with E-state index in [1.54, 1.807) is 6.07 Å². The van der Waals surface area contributed by atoms with Crippen molar-refractivity contribution in [2.75, 3.05) is 12.4 Å². The predicted octanol–water partition coefficient (Wildman–Crippen LogP) is 3.36. The Hall–Kier alpha value is -2.76. The van der Waals surface area contributed by atoms with Gasteiger partial charge in [0.25, 0.3) is 5.91 Å². The first kappa shape index (κ1) is 15.6. The van der Waals surface area contributed by atoms with E-state index in [4.69, 9.17) is 14.3 Å². The van der Waals surface area contributed by atoms with Crippen molar-refractivity contribution in [3.63, 3.8) is 0 Å². The van der Waals surface area contributed by atoms with Gasteiger partial charge in [0.2, 0.25) is 0 Å². The maximum absolute atomic E-state index is 12.3. The van der Waals surface area contributed by atoms with Crippen LogP contribution in [0, 0.1) is 0 Å². The number of carbonyl (C=O) groups is 2. The van der Waals surface area contributed by atoms with Gasteiger partial charge < -0.3 is 19.6 Å². The number of aromatic carboxylic acids is 1. The van der Waals surface area contributed by atoms with E-state index in [0.717, 1.165) is 0 Å². The number of hydrogen-bond acceptors (Lipinski definition) is 4. The molecule has 2 aromatic rings. The zero-order valence-electron chi connectivity index (χ0n) is 12.5.